The van der Waals surface area contributed by atoms with E-state index in [0.29, 0.717) is 47.0 Å². The quantitative estimate of drug-likeness (QED) is 0.242. The number of nitrogens with zero attached hydrogens (tertiary/aromatic N) is 2. The Hall–Kier alpha value is -4.06. The Kier molecular flexibility index (Phi) is 6.01. The Morgan fingerprint density at radius 1 is 1.03 bits per heavy atom. The van der Waals surface area contributed by atoms with Crippen molar-refractivity contribution in [1.29, 1.82) is 0 Å². The second kappa shape index (κ2) is 9.30. The van der Waals surface area contributed by atoms with E-state index in [9.17, 15) is 14.4 Å². The molecule has 198 valence electrons. The largest absolute Gasteiger partial charge is 0.463 e. The predicted octanol–water partition coefficient (Wildman–Crippen LogP) is 5.14. The number of benzene rings is 3. The number of hydrogen-bond acceptors (Lipinski definition) is 6. The highest BCUT2D eigenvalue weighted by atomic mass is 16.6. The van der Waals surface area contributed by atoms with Crippen LogP contribution in [0.3, 0.4) is 0 Å². The van der Waals surface area contributed by atoms with E-state index in [1.54, 1.807) is 24.3 Å². The maximum absolute atomic E-state index is 14.0. The smallest absolute Gasteiger partial charge is 0.339 e. The third-order valence-electron chi connectivity index (χ3n) is 8.57. The van der Waals surface area contributed by atoms with Crippen molar-refractivity contribution in [2.45, 2.75) is 43.5 Å². The summed E-state index contributed by atoms with van der Waals surface area (Å²) in [6, 6.07) is 19.8. The molecule has 3 heterocycles. The van der Waals surface area contributed by atoms with Gasteiger partial charge in [-0.3, -0.25) is 9.59 Å². The molecule has 0 spiro atoms. The second-order valence-electron chi connectivity index (χ2n) is 10.7. The molecule has 3 aliphatic heterocycles. The van der Waals surface area contributed by atoms with Crippen molar-refractivity contribution in [3.05, 3.63) is 83.7 Å². The van der Waals surface area contributed by atoms with Gasteiger partial charge >= 0.3 is 5.97 Å². The maximum Gasteiger partial charge on any atom is 0.339 e. The fraction of sp³-hybridized carbons (Fsp3) is 0.355. The molecule has 6 rings (SSSR count). The Labute approximate surface area is 226 Å². The van der Waals surface area contributed by atoms with Crippen molar-refractivity contribution in [2.24, 2.45) is 11.8 Å². The molecule has 8 nitrogen and oxygen atoms in total. The fourth-order valence-electron chi connectivity index (χ4n) is 6.80. The van der Waals surface area contributed by atoms with Gasteiger partial charge < -0.3 is 14.2 Å². The Bertz CT molecular complexity index is 1530. The van der Waals surface area contributed by atoms with Crippen molar-refractivity contribution < 1.29 is 28.6 Å². The molecule has 0 N–H and O–H groups in total. The average molecular weight is 525 g/mol. The zero-order valence-corrected chi connectivity index (χ0v) is 21.8. The predicted molar refractivity (Wildman–Crippen MR) is 143 cm³/mol. The number of methoxy groups -OCH3 is 1. The van der Waals surface area contributed by atoms with Gasteiger partial charge in [0.2, 0.25) is 11.8 Å². The molecular formula is C31H28N2O6. The zero-order chi connectivity index (χ0) is 27.4. The van der Waals surface area contributed by atoms with E-state index < -0.39 is 35.1 Å². The van der Waals surface area contributed by atoms with Crippen LogP contribution in [0.4, 0.5) is 11.4 Å². The second-order valence-corrected chi connectivity index (χ2v) is 10.7. The summed E-state index contributed by atoms with van der Waals surface area (Å²) in [5.74, 6) is -2.40. The third-order valence-corrected chi connectivity index (χ3v) is 8.57. The normalized spacial score (nSPS) is 28.0. The molecule has 3 saturated heterocycles. The summed E-state index contributed by atoms with van der Waals surface area (Å²) in [4.78, 5) is 45.6. The number of anilines is 1. The Morgan fingerprint density at radius 3 is 2.44 bits per heavy atom. The highest BCUT2D eigenvalue weighted by Crippen LogP contribution is 2.62. The third kappa shape index (κ3) is 3.76. The number of esters is 1. The van der Waals surface area contributed by atoms with Gasteiger partial charge in [-0.15, -0.1) is 0 Å². The first kappa shape index (κ1) is 25.2. The van der Waals surface area contributed by atoms with Gasteiger partial charge in [0.15, 0.2) is 11.8 Å². The molecule has 5 atom stereocenters. The summed E-state index contributed by atoms with van der Waals surface area (Å²) in [6.45, 7) is 9.44. The molecule has 2 bridgehead atoms. The minimum Gasteiger partial charge on any atom is -0.463 e. The summed E-state index contributed by atoms with van der Waals surface area (Å²) in [7, 11) is 1.45. The van der Waals surface area contributed by atoms with Crippen LogP contribution in [0.15, 0.2) is 66.7 Å². The molecule has 0 radical (unpaired) electrons. The lowest BCUT2D eigenvalue weighted by Gasteiger charge is -2.31. The van der Waals surface area contributed by atoms with Crippen LogP contribution in [0.25, 0.3) is 15.6 Å². The van der Waals surface area contributed by atoms with E-state index in [2.05, 4.69) is 4.85 Å². The molecule has 3 aromatic carbocycles. The van der Waals surface area contributed by atoms with Crippen LogP contribution >= 0.6 is 0 Å². The first-order valence-corrected chi connectivity index (χ1v) is 13.1. The molecular weight excluding hydrogens is 496 g/mol. The monoisotopic (exact) mass is 524 g/mol. The lowest BCUT2D eigenvalue weighted by Crippen LogP contribution is -2.43. The fourth-order valence-corrected chi connectivity index (χ4v) is 6.80. The molecule has 3 aliphatic rings. The summed E-state index contributed by atoms with van der Waals surface area (Å²) in [6.07, 6.45) is 0.674. The van der Waals surface area contributed by atoms with Crippen molar-refractivity contribution in [3.8, 4) is 0 Å². The van der Waals surface area contributed by atoms with Gasteiger partial charge in [-0.2, -0.15) is 0 Å². The summed E-state index contributed by atoms with van der Waals surface area (Å²) >= 11 is 0. The van der Waals surface area contributed by atoms with E-state index in [4.69, 9.17) is 20.8 Å². The first-order valence-electron chi connectivity index (χ1n) is 13.1. The van der Waals surface area contributed by atoms with Crippen LogP contribution in [0, 0.1) is 18.4 Å². The first-order chi connectivity index (χ1) is 18.8. The van der Waals surface area contributed by atoms with Crippen molar-refractivity contribution >= 4 is 39.9 Å². The number of fused-ring (bicyclic) bond motifs is 6. The molecule has 8 heteroatoms. The lowest BCUT2D eigenvalue weighted by molar-refractivity contribution is -0.158. The van der Waals surface area contributed by atoms with Gasteiger partial charge in [0.1, 0.15) is 0 Å². The summed E-state index contributed by atoms with van der Waals surface area (Å²) in [5.41, 5.74) is -0.0352. The molecule has 0 aromatic heterocycles. The van der Waals surface area contributed by atoms with E-state index in [1.165, 1.54) is 12.0 Å². The van der Waals surface area contributed by atoms with Crippen molar-refractivity contribution in [1.82, 2.24) is 0 Å². The number of ether oxygens (including phenoxy) is 3. The minimum atomic E-state index is -0.900. The van der Waals surface area contributed by atoms with Crippen molar-refractivity contribution in [3.63, 3.8) is 0 Å². The van der Waals surface area contributed by atoms with Gasteiger partial charge in [-0.05, 0) is 42.2 Å². The zero-order valence-electron chi connectivity index (χ0n) is 21.8. The van der Waals surface area contributed by atoms with Crippen molar-refractivity contribution in [2.75, 3.05) is 18.6 Å². The number of carbonyl (C=O) groups excluding carboxylic acids is 3. The molecule has 3 fully saturated rings. The van der Waals surface area contributed by atoms with Crippen LogP contribution in [0.1, 0.15) is 37.9 Å². The van der Waals surface area contributed by atoms with Gasteiger partial charge in [0.05, 0.1) is 41.9 Å². The average Bonchev–Trinajstić information content (AvgIpc) is 3.53. The maximum atomic E-state index is 14.0. The van der Waals surface area contributed by atoms with E-state index in [-0.39, 0.29) is 18.4 Å². The lowest BCUT2D eigenvalue weighted by atomic mass is 9.67. The Morgan fingerprint density at radius 2 is 1.72 bits per heavy atom. The Balaban J connectivity index is 1.26. The minimum absolute atomic E-state index is 0.0366. The number of amides is 2. The van der Waals surface area contributed by atoms with Crippen LogP contribution in [0.2, 0.25) is 0 Å². The molecule has 2 unspecified atom stereocenters. The van der Waals surface area contributed by atoms with E-state index in [0.717, 1.165) is 0 Å². The number of hydrogen-bond donors (Lipinski definition) is 0. The van der Waals surface area contributed by atoms with Crippen LogP contribution in [-0.2, 0) is 28.6 Å². The van der Waals surface area contributed by atoms with E-state index in [1.807, 2.05) is 49.4 Å². The standard InChI is InChI=1S/C31H28N2O6/c1-30-15-16-31(39-30,17-18-38-29(36)26(37-3)19-9-5-4-6-10-19)25-24(30)27(34)33(28(25)35)23-14-13-22(32-2)20-11-7-8-12-21(20)23/h4-14,24-26H,15-18H2,1,3H3/t24-,25+,26+,30?,31?/m1/s1. The van der Waals surface area contributed by atoms with Crippen LogP contribution in [-0.4, -0.2) is 42.7 Å². The topological polar surface area (TPSA) is 86.5 Å². The number of rotatable bonds is 7. The highest BCUT2D eigenvalue weighted by Gasteiger charge is 2.73. The van der Waals surface area contributed by atoms with Gasteiger partial charge in [-0.25, -0.2) is 14.5 Å². The van der Waals surface area contributed by atoms with Gasteiger partial charge in [0, 0.05) is 13.5 Å². The molecule has 0 saturated carbocycles. The molecule has 2 amide bonds. The number of imide groups is 1. The molecule has 39 heavy (non-hydrogen) atoms. The SMILES string of the molecule is [C-]#[N+]c1ccc(N2C(=O)[C@@H]3[C@H](C2=O)C2(C)CCC3(CCOC(=O)[C@@H](OC)c3ccccc3)O2)c2ccccc12. The number of carbonyl (C=O) groups is 3. The van der Waals surface area contributed by atoms with Gasteiger partial charge in [0.25, 0.3) is 0 Å². The van der Waals surface area contributed by atoms with Crippen LogP contribution < -0.4 is 4.90 Å². The van der Waals surface area contributed by atoms with Gasteiger partial charge in [-0.1, -0.05) is 60.7 Å². The van der Waals surface area contributed by atoms with Crippen LogP contribution in [0.5, 0.6) is 0 Å². The van der Waals surface area contributed by atoms with E-state index >= 15 is 0 Å². The molecule has 3 aromatic rings. The highest BCUT2D eigenvalue weighted by molar-refractivity contribution is 6.26. The summed E-state index contributed by atoms with van der Waals surface area (Å²) < 4.78 is 17.5. The summed E-state index contributed by atoms with van der Waals surface area (Å²) in [5, 5.41) is 1.38. The molecule has 0 aliphatic carbocycles.